The Morgan fingerprint density at radius 2 is 0.625 bits per heavy atom. The van der Waals surface area contributed by atoms with Crippen molar-refractivity contribution >= 4 is 22.3 Å². The van der Waals surface area contributed by atoms with Crippen molar-refractivity contribution in [2.24, 2.45) is 0 Å². The molecule has 1 aliphatic carbocycles. The van der Waals surface area contributed by atoms with E-state index in [1.807, 2.05) is 24.3 Å². The molecule has 0 bridgehead atoms. The van der Waals surface area contributed by atoms with Crippen molar-refractivity contribution in [3.63, 3.8) is 0 Å². The smallest absolute Gasteiger partial charge is 0.118 e. The number of rotatable bonds is 6. The average molecular weight is 417 g/mol. The van der Waals surface area contributed by atoms with E-state index in [4.69, 9.17) is 9.47 Å². The molecule has 156 valence electrons. The summed E-state index contributed by atoms with van der Waals surface area (Å²) in [7, 11) is 3.40. The minimum Gasteiger partial charge on any atom is -0.497 e. The van der Waals surface area contributed by atoms with Crippen molar-refractivity contribution in [3.05, 3.63) is 131 Å². The molecule has 32 heavy (non-hydrogen) atoms. The summed E-state index contributed by atoms with van der Waals surface area (Å²) in [5.74, 6) is 1.71. The van der Waals surface area contributed by atoms with Crippen LogP contribution in [0.3, 0.4) is 0 Å². The lowest BCUT2D eigenvalue weighted by Gasteiger charge is -2.33. The maximum absolute atomic E-state index is 5.40. The van der Waals surface area contributed by atoms with Gasteiger partial charge in [0.1, 0.15) is 11.5 Å². The van der Waals surface area contributed by atoms with E-state index in [9.17, 15) is 0 Å². The zero-order valence-corrected chi connectivity index (χ0v) is 18.2. The second-order valence-corrected chi connectivity index (χ2v) is 7.69. The number of methoxy groups -OCH3 is 2. The van der Waals surface area contributed by atoms with E-state index in [0.29, 0.717) is 0 Å². The van der Waals surface area contributed by atoms with Gasteiger partial charge in [-0.15, -0.1) is 0 Å². The normalized spacial score (nSPS) is 13.1. The summed E-state index contributed by atoms with van der Waals surface area (Å²) in [5, 5.41) is 0. The third-order valence-corrected chi connectivity index (χ3v) is 5.88. The van der Waals surface area contributed by atoms with Crippen molar-refractivity contribution in [1.29, 1.82) is 0 Å². The third kappa shape index (κ3) is 3.50. The zero-order valence-electron chi connectivity index (χ0n) is 18.2. The molecule has 1 aliphatic rings. The molecule has 0 amide bonds. The van der Waals surface area contributed by atoms with E-state index >= 15 is 0 Å². The highest BCUT2D eigenvalue weighted by Gasteiger charge is 2.32. The fraction of sp³-hybridized carbons (Fsp3) is 0.0667. The summed E-state index contributed by atoms with van der Waals surface area (Å²) in [4.78, 5) is 0. The lowest BCUT2D eigenvalue weighted by Crippen LogP contribution is -2.10. The van der Waals surface area contributed by atoms with E-state index in [-0.39, 0.29) is 0 Å². The Bertz CT molecular complexity index is 1180. The van der Waals surface area contributed by atoms with Gasteiger partial charge in [-0.05, 0) is 68.8 Å². The van der Waals surface area contributed by atoms with E-state index in [0.717, 1.165) is 11.5 Å². The van der Waals surface area contributed by atoms with Gasteiger partial charge in [0.2, 0.25) is 0 Å². The van der Waals surface area contributed by atoms with Gasteiger partial charge in [-0.25, -0.2) is 0 Å². The number of benzene rings is 4. The Kier molecular flexibility index (Phi) is 5.35. The van der Waals surface area contributed by atoms with Crippen LogP contribution < -0.4 is 9.47 Å². The first-order chi connectivity index (χ1) is 15.8. The predicted octanol–water partition coefficient (Wildman–Crippen LogP) is 7.24. The Hall–Kier alpha value is -4.04. The van der Waals surface area contributed by atoms with Crippen molar-refractivity contribution < 1.29 is 9.47 Å². The summed E-state index contributed by atoms with van der Waals surface area (Å²) in [6.45, 7) is 0. The van der Waals surface area contributed by atoms with Crippen LogP contribution in [-0.2, 0) is 0 Å². The van der Waals surface area contributed by atoms with Crippen LogP contribution in [0.2, 0.25) is 0 Å². The summed E-state index contributed by atoms with van der Waals surface area (Å²) in [5.41, 5.74) is 9.83. The largest absolute Gasteiger partial charge is 0.497 e. The first kappa shape index (κ1) is 19.9. The standard InChI is InChI=1S/C30H24O2/c1-31-25-17-13-23(14-18-25)29-27(21-9-5-3-6-10-21)28(22-11-7-4-8-12-22)30(29)24-15-19-26(32-2)20-16-24/h3-20H,1-2H3. The Labute approximate surface area is 189 Å². The summed E-state index contributed by atoms with van der Waals surface area (Å²) < 4.78 is 10.8. The fourth-order valence-electron chi connectivity index (χ4n) is 4.32. The second kappa shape index (κ2) is 8.60. The van der Waals surface area contributed by atoms with Gasteiger partial charge in [0.25, 0.3) is 0 Å². The topological polar surface area (TPSA) is 18.5 Å². The van der Waals surface area contributed by atoms with Gasteiger partial charge < -0.3 is 9.47 Å². The highest BCUT2D eigenvalue weighted by atomic mass is 16.5. The van der Waals surface area contributed by atoms with Crippen LogP contribution in [0.1, 0.15) is 22.3 Å². The molecule has 0 aliphatic heterocycles. The summed E-state index contributed by atoms with van der Waals surface area (Å²) in [6, 6.07) is 37.9. The molecule has 0 unspecified atom stereocenters. The summed E-state index contributed by atoms with van der Waals surface area (Å²) in [6.07, 6.45) is 0. The van der Waals surface area contributed by atoms with Crippen LogP contribution in [0.5, 0.6) is 11.5 Å². The minimum atomic E-state index is 0.855. The molecule has 2 nitrogen and oxygen atoms in total. The molecular formula is C30H24O2. The molecule has 0 atom stereocenters. The van der Waals surface area contributed by atoms with Crippen molar-refractivity contribution in [2.45, 2.75) is 0 Å². The summed E-state index contributed by atoms with van der Waals surface area (Å²) >= 11 is 0. The first-order valence-corrected chi connectivity index (χ1v) is 10.7. The lowest BCUT2D eigenvalue weighted by molar-refractivity contribution is 0.414. The number of allylic oxidation sites excluding steroid dienone is 4. The van der Waals surface area contributed by atoms with Crippen LogP contribution in [0.15, 0.2) is 109 Å². The number of ether oxygens (including phenoxy) is 2. The van der Waals surface area contributed by atoms with Gasteiger partial charge in [0.05, 0.1) is 14.2 Å². The molecule has 5 rings (SSSR count). The molecule has 0 radical (unpaired) electrons. The maximum atomic E-state index is 5.40. The van der Waals surface area contributed by atoms with Crippen molar-refractivity contribution in [3.8, 4) is 11.5 Å². The zero-order chi connectivity index (χ0) is 21.9. The molecule has 0 saturated carbocycles. The molecule has 0 aromatic heterocycles. The van der Waals surface area contributed by atoms with Crippen molar-refractivity contribution in [2.75, 3.05) is 14.2 Å². The van der Waals surface area contributed by atoms with Crippen LogP contribution in [0.4, 0.5) is 0 Å². The van der Waals surface area contributed by atoms with E-state index in [1.165, 1.54) is 44.5 Å². The van der Waals surface area contributed by atoms with E-state index in [1.54, 1.807) is 14.2 Å². The third-order valence-electron chi connectivity index (χ3n) is 5.88. The van der Waals surface area contributed by atoms with Gasteiger partial charge in [-0.2, -0.15) is 0 Å². The molecule has 0 heterocycles. The molecule has 2 heteroatoms. The fourth-order valence-corrected chi connectivity index (χ4v) is 4.32. The SMILES string of the molecule is COc1ccc(C2=C(c3ccc(OC)cc3)C(c3ccccc3)=C2c2ccccc2)cc1. The monoisotopic (exact) mass is 416 g/mol. The number of hydrogen-bond donors (Lipinski definition) is 0. The Balaban J connectivity index is 1.75. The lowest BCUT2D eigenvalue weighted by atomic mass is 9.69. The molecule has 0 fully saturated rings. The van der Waals surface area contributed by atoms with Gasteiger partial charge in [-0.3, -0.25) is 0 Å². The van der Waals surface area contributed by atoms with Crippen LogP contribution in [0, 0.1) is 0 Å². The van der Waals surface area contributed by atoms with Gasteiger partial charge in [0, 0.05) is 0 Å². The Morgan fingerprint density at radius 3 is 0.906 bits per heavy atom. The van der Waals surface area contributed by atoms with Gasteiger partial charge in [0.15, 0.2) is 0 Å². The van der Waals surface area contributed by atoms with E-state index in [2.05, 4.69) is 84.9 Å². The molecule has 4 aromatic carbocycles. The first-order valence-electron chi connectivity index (χ1n) is 10.7. The highest BCUT2D eigenvalue weighted by Crippen LogP contribution is 2.56. The molecule has 0 saturated heterocycles. The molecule has 4 aromatic rings. The molecule has 0 spiro atoms. The van der Waals surface area contributed by atoms with Gasteiger partial charge in [-0.1, -0.05) is 84.9 Å². The average Bonchev–Trinajstić information content (AvgIpc) is 2.86. The Morgan fingerprint density at radius 1 is 0.344 bits per heavy atom. The van der Waals surface area contributed by atoms with Crippen LogP contribution in [-0.4, -0.2) is 14.2 Å². The van der Waals surface area contributed by atoms with Crippen LogP contribution in [0.25, 0.3) is 22.3 Å². The second-order valence-electron chi connectivity index (χ2n) is 7.69. The van der Waals surface area contributed by atoms with Crippen molar-refractivity contribution in [1.82, 2.24) is 0 Å². The highest BCUT2D eigenvalue weighted by molar-refractivity contribution is 6.43. The molecule has 0 N–H and O–H groups in total. The quantitative estimate of drug-likeness (QED) is 0.330. The minimum absolute atomic E-state index is 0.855. The molecular weight excluding hydrogens is 392 g/mol. The number of hydrogen-bond acceptors (Lipinski definition) is 2. The van der Waals surface area contributed by atoms with E-state index < -0.39 is 0 Å². The van der Waals surface area contributed by atoms with Gasteiger partial charge >= 0.3 is 0 Å². The van der Waals surface area contributed by atoms with Crippen LogP contribution >= 0.6 is 0 Å². The maximum Gasteiger partial charge on any atom is 0.118 e. The predicted molar refractivity (Wildman–Crippen MR) is 132 cm³/mol.